The van der Waals surface area contributed by atoms with Gasteiger partial charge in [0.05, 0.1) is 18.1 Å². The van der Waals surface area contributed by atoms with Crippen molar-refractivity contribution in [2.45, 2.75) is 26.7 Å². The number of hydrogen-bond donors (Lipinski definition) is 1. The molecule has 1 fully saturated rings. The topological polar surface area (TPSA) is 65.0 Å². The lowest BCUT2D eigenvalue weighted by Crippen LogP contribution is -2.42. The van der Waals surface area contributed by atoms with Crippen LogP contribution in [0.2, 0.25) is 0 Å². The van der Waals surface area contributed by atoms with Crippen molar-refractivity contribution in [2.24, 2.45) is 4.99 Å². The summed E-state index contributed by atoms with van der Waals surface area (Å²) in [4.78, 5) is 8.98. The van der Waals surface area contributed by atoms with Crippen molar-refractivity contribution < 1.29 is 8.42 Å². The fourth-order valence-corrected chi connectivity index (χ4v) is 3.52. The van der Waals surface area contributed by atoms with Crippen LogP contribution >= 0.6 is 0 Å². The molecule has 0 aromatic heterocycles. The summed E-state index contributed by atoms with van der Waals surface area (Å²) >= 11 is 0. The molecule has 0 bridgehead atoms. The SMILES string of the molecule is CCCCN(C)C(=NCCN1CCS(=O)(=O)CC1)NCC. The Labute approximate surface area is 129 Å². The molecule has 21 heavy (non-hydrogen) atoms. The molecule has 6 nitrogen and oxygen atoms in total. The van der Waals surface area contributed by atoms with Crippen LogP contribution in [0.25, 0.3) is 0 Å². The molecule has 0 radical (unpaired) electrons. The molecular weight excluding hydrogens is 288 g/mol. The summed E-state index contributed by atoms with van der Waals surface area (Å²) < 4.78 is 22.8. The van der Waals surface area contributed by atoms with Crippen molar-refractivity contribution in [3.05, 3.63) is 0 Å². The minimum absolute atomic E-state index is 0.285. The number of unbranched alkanes of at least 4 members (excludes halogenated alkanes) is 1. The van der Waals surface area contributed by atoms with Gasteiger partial charge in [-0.05, 0) is 13.3 Å². The summed E-state index contributed by atoms with van der Waals surface area (Å²) in [5.74, 6) is 1.51. The van der Waals surface area contributed by atoms with E-state index in [1.165, 1.54) is 6.42 Å². The Morgan fingerprint density at radius 1 is 1.29 bits per heavy atom. The highest BCUT2D eigenvalue weighted by molar-refractivity contribution is 7.91. The predicted octanol–water partition coefficient (Wildman–Crippen LogP) is 0.414. The Balaban J connectivity index is 2.40. The van der Waals surface area contributed by atoms with Gasteiger partial charge < -0.3 is 10.2 Å². The van der Waals surface area contributed by atoms with Gasteiger partial charge in [-0.15, -0.1) is 0 Å². The third-order valence-electron chi connectivity index (χ3n) is 3.66. The van der Waals surface area contributed by atoms with Gasteiger partial charge in [0, 0.05) is 39.8 Å². The summed E-state index contributed by atoms with van der Waals surface area (Å²) in [6.07, 6.45) is 2.33. The van der Waals surface area contributed by atoms with Gasteiger partial charge in [-0.1, -0.05) is 13.3 Å². The lowest BCUT2D eigenvalue weighted by atomic mass is 10.3. The van der Waals surface area contributed by atoms with E-state index in [0.29, 0.717) is 19.6 Å². The summed E-state index contributed by atoms with van der Waals surface area (Å²) in [5, 5.41) is 3.30. The molecule has 0 aromatic rings. The largest absolute Gasteiger partial charge is 0.357 e. The Bertz CT molecular complexity index is 409. The fourth-order valence-electron chi connectivity index (χ4n) is 2.24. The van der Waals surface area contributed by atoms with Crippen molar-refractivity contribution in [2.75, 3.05) is 57.8 Å². The number of aliphatic imine (C=N–C) groups is 1. The van der Waals surface area contributed by atoms with E-state index >= 15 is 0 Å². The minimum atomic E-state index is -2.79. The number of guanidine groups is 1. The third kappa shape index (κ3) is 7.13. The zero-order valence-corrected chi connectivity index (χ0v) is 14.5. The van der Waals surface area contributed by atoms with E-state index in [2.05, 4.69) is 41.0 Å². The molecule has 1 heterocycles. The van der Waals surface area contributed by atoms with Gasteiger partial charge >= 0.3 is 0 Å². The van der Waals surface area contributed by atoms with Crippen LogP contribution < -0.4 is 5.32 Å². The molecule has 1 N–H and O–H groups in total. The molecule has 0 atom stereocenters. The fraction of sp³-hybridized carbons (Fsp3) is 0.929. The number of sulfone groups is 1. The molecule has 1 saturated heterocycles. The van der Waals surface area contributed by atoms with Gasteiger partial charge in [0.2, 0.25) is 0 Å². The maximum absolute atomic E-state index is 11.4. The highest BCUT2D eigenvalue weighted by Gasteiger charge is 2.20. The lowest BCUT2D eigenvalue weighted by Gasteiger charge is -2.26. The quantitative estimate of drug-likeness (QED) is 0.544. The minimum Gasteiger partial charge on any atom is -0.357 e. The van der Waals surface area contributed by atoms with E-state index in [9.17, 15) is 8.42 Å². The van der Waals surface area contributed by atoms with E-state index in [1.54, 1.807) is 0 Å². The summed E-state index contributed by atoms with van der Waals surface area (Å²) in [6, 6.07) is 0. The van der Waals surface area contributed by atoms with Crippen LogP contribution in [-0.2, 0) is 9.84 Å². The Hall–Kier alpha value is -0.820. The van der Waals surface area contributed by atoms with E-state index in [4.69, 9.17) is 0 Å². The molecule has 0 amide bonds. The van der Waals surface area contributed by atoms with Crippen LogP contribution in [0.5, 0.6) is 0 Å². The van der Waals surface area contributed by atoms with Crippen molar-refractivity contribution in [3.8, 4) is 0 Å². The first kappa shape index (κ1) is 18.2. The number of nitrogens with zero attached hydrogens (tertiary/aromatic N) is 3. The summed E-state index contributed by atoms with van der Waals surface area (Å²) in [5.41, 5.74) is 0. The highest BCUT2D eigenvalue weighted by Crippen LogP contribution is 2.03. The molecule has 0 unspecified atom stereocenters. The average molecular weight is 318 g/mol. The standard InChI is InChI=1S/C14H30N4O2S/c1-4-6-8-17(3)14(15-5-2)16-7-9-18-10-12-21(19,20)13-11-18/h4-13H2,1-3H3,(H,15,16). The maximum atomic E-state index is 11.4. The van der Waals surface area contributed by atoms with Crippen molar-refractivity contribution in [1.82, 2.24) is 15.1 Å². The van der Waals surface area contributed by atoms with Gasteiger partial charge in [-0.3, -0.25) is 9.89 Å². The smallest absolute Gasteiger partial charge is 0.193 e. The third-order valence-corrected chi connectivity index (χ3v) is 5.27. The molecule has 0 spiro atoms. The number of hydrogen-bond acceptors (Lipinski definition) is 4. The predicted molar refractivity (Wildman–Crippen MR) is 88.6 cm³/mol. The van der Waals surface area contributed by atoms with Gasteiger partial charge in [0.15, 0.2) is 15.8 Å². The highest BCUT2D eigenvalue weighted by atomic mass is 32.2. The second-order valence-electron chi connectivity index (χ2n) is 5.50. The molecular formula is C14H30N4O2S. The molecule has 124 valence electrons. The molecule has 0 saturated carbocycles. The monoisotopic (exact) mass is 318 g/mol. The second kappa shape index (κ2) is 9.25. The van der Waals surface area contributed by atoms with E-state index in [1.807, 2.05) is 0 Å². The molecule has 0 aliphatic carbocycles. The first-order chi connectivity index (χ1) is 9.98. The second-order valence-corrected chi connectivity index (χ2v) is 7.81. The van der Waals surface area contributed by atoms with Crippen molar-refractivity contribution >= 4 is 15.8 Å². The molecule has 1 rings (SSSR count). The number of nitrogens with one attached hydrogen (secondary N) is 1. The molecule has 1 aliphatic heterocycles. The Kier molecular flexibility index (Phi) is 8.03. The zero-order valence-electron chi connectivity index (χ0n) is 13.6. The summed E-state index contributed by atoms with van der Waals surface area (Å²) in [6.45, 7) is 8.92. The molecule has 1 aliphatic rings. The Morgan fingerprint density at radius 2 is 1.95 bits per heavy atom. The molecule has 7 heteroatoms. The zero-order chi connectivity index (χ0) is 15.7. The molecule has 0 aromatic carbocycles. The van der Waals surface area contributed by atoms with E-state index < -0.39 is 9.84 Å². The number of rotatable bonds is 7. The van der Waals surface area contributed by atoms with E-state index in [-0.39, 0.29) is 11.5 Å². The van der Waals surface area contributed by atoms with Crippen LogP contribution in [-0.4, -0.2) is 82.0 Å². The first-order valence-electron chi connectivity index (χ1n) is 7.90. The van der Waals surface area contributed by atoms with Gasteiger partial charge in [0.25, 0.3) is 0 Å². The normalized spacial score (nSPS) is 19.5. The van der Waals surface area contributed by atoms with Gasteiger partial charge in [-0.2, -0.15) is 0 Å². The average Bonchev–Trinajstić information content (AvgIpc) is 2.45. The first-order valence-corrected chi connectivity index (χ1v) is 9.73. The van der Waals surface area contributed by atoms with Gasteiger partial charge in [-0.25, -0.2) is 8.42 Å². The lowest BCUT2D eigenvalue weighted by molar-refractivity contribution is 0.303. The van der Waals surface area contributed by atoms with Crippen molar-refractivity contribution in [3.63, 3.8) is 0 Å². The van der Waals surface area contributed by atoms with E-state index in [0.717, 1.165) is 32.0 Å². The van der Waals surface area contributed by atoms with Crippen LogP contribution in [0.15, 0.2) is 4.99 Å². The van der Waals surface area contributed by atoms with Crippen LogP contribution in [0.3, 0.4) is 0 Å². The van der Waals surface area contributed by atoms with Crippen LogP contribution in [0, 0.1) is 0 Å². The van der Waals surface area contributed by atoms with Crippen LogP contribution in [0.4, 0.5) is 0 Å². The maximum Gasteiger partial charge on any atom is 0.193 e. The van der Waals surface area contributed by atoms with Gasteiger partial charge in [0.1, 0.15) is 0 Å². The summed E-state index contributed by atoms with van der Waals surface area (Å²) in [7, 11) is -0.727. The van der Waals surface area contributed by atoms with Crippen LogP contribution in [0.1, 0.15) is 26.7 Å². The Morgan fingerprint density at radius 3 is 2.52 bits per heavy atom. The van der Waals surface area contributed by atoms with Crippen molar-refractivity contribution in [1.29, 1.82) is 0 Å².